The van der Waals surface area contributed by atoms with Crippen LogP contribution in [-0.4, -0.2) is 26.2 Å². The molecule has 0 radical (unpaired) electrons. The number of hydrogen-bond acceptors (Lipinski definition) is 4. The first kappa shape index (κ1) is 23.4. The van der Waals surface area contributed by atoms with Gasteiger partial charge < -0.3 is 9.47 Å². The van der Waals surface area contributed by atoms with Crippen LogP contribution in [0, 0.1) is 24.7 Å². The number of aryl methyl sites for hydroxylation is 1. The van der Waals surface area contributed by atoms with Gasteiger partial charge in [0.2, 0.25) is 0 Å². The van der Waals surface area contributed by atoms with Crippen LogP contribution in [0.3, 0.4) is 0 Å². The van der Waals surface area contributed by atoms with Crippen molar-refractivity contribution < 1.29 is 19.1 Å². The molecule has 5 rings (SSSR count). The van der Waals surface area contributed by atoms with Crippen LogP contribution in [0.5, 0.6) is 0 Å². The monoisotopic (exact) mass is 474 g/mol. The van der Waals surface area contributed by atoms with Crippen LogP contribution >= 0.6 is 0 Å². The van der Waals surface area contributed by atoms with Crippen molar-refractivity contribution in [2.24, 2.45) is 5.92 Å². The van der Waals surface area contributed by atoms with Crippen LogP contribution in [0.25, 0.3) is 5.57 Å². The van der Waals surface area contributed by atoms with Gasteiger partial charge in [0.1, 0.15) is 0 Å². The van der Waals surface area contributed by atoms with Crippen LogP contribution in [0.1, 0.15) is 28.7 Å². The number of esters is 2. The minimum absolute atomic E-state index is 0.321. The van der Waals surface area contributed by atoms with E-state index in [0.717, 1.165) is 33.4 Å². The van der Waals surface area contributed by atoms with Crippen molar-refractivity contribution in [2.75, 3.05) is 14.2 Å². The molecule has 36 heavy (non-hydrogen) atoms. The number of methoxy groups -OCH3 is 2. The van der Waals surface area contributed by atoms with Crippen LogP contribution in [-0.2, 0) is 24.5 Å². The van der Waals surface area contributed by atoms with Gasteiger partial charge >= 0.3 is 11.9 Å². The van der Waals surface area contributed by atoms with Crippen LogP contribution < -0.4 is 0 Å². The highest BCUT2D eigenvalue weighted by molar-refractivity contribution is 6.10. The Labute approximate surface area is 211 Å². The van der Waals surface area contributed by atoms with Gasteiger partial charge in [-0.25, -0.2) is 9.59 Å². The fourth-order valence-corrected chi connectivity index (χ4v) is 5.57. The van der Waals surface area contributed by atoms with Gasteiger partial charge in [0.15, 0.2) is 0 Å². The average molecular weight is 475 g/mol. The van der Waals surface area contributed by atoms with Gasteiger partial charge in [0, 0.05) is 17.1 Å². The Morgan fingerprint density at radius 3 is 2.03 bits per heavy atom. The Morgan fingerprint density at radius 2 is 1.42 bits per heavy atom. The van der Waals surface area contributed by atoms with E-state index in [0.29, 0.717) is 17.6 Å². The van der Waals surface area contributed by atoms with E-state index in [9.17, 15) is 9.59 Å². The van der Waals surface area contributed by atoms with Crippen molar-refractivity contribution in [1.29, 1.82) is 0 Å². The second-order valence-corrected chi connectivity index (χ2v) is 9.07. The first-order chi connectivity index (χ1) is 17.5. The third kappa shape index (κ3) is 3.65. The highest BCUT2D eigenvalue weighted by Crippen LogP contribution is 2.63. The molecule has 0 fully saturated rings. The number of rotatable bonds is 4. The van der Waals surface area contributed by atoms with Crippen LogP contribution in [0.15, 0.2) is 102 Å². The molecular formula is C32H26O4. The van der Waals surface area contributed by atoms with Crippen LogP contribution in [0.4, 0.5) is 0 Å². The summed E-state index contributed by atoms with van der Waals surface area (Å²) in [5, 5.41) is 0. The Morgan fingerprint density at radius 1 is 0.806 bits per heavy atom. The fourth-order valence-electron chi connectivity index (χ4n) is 5.57. The number of carbonyl (C=O) groups excluding carboxylic acids is 2. The van der Waals surface area contributed by atoms with Gasteiger partial charge in [-0.2, -0.15) is 0 Å². The fraction of sp³-hybridized carbons (Fsp3) is 0.188. The molecule has 0 aliphatic heterocycles. The molecule has 4 nitrogen and oxygen atoms in total. The summed E-state index contributed by atoms with van der Waals surface area (Å²) in [6.07, 6.45) is 0.508. The largest absolute Gasteiger partial charge is 0.466 e. The third-order valence-electron chi connectivity index (χ3n) is 7.13. The predicted octanol–water partition coefficient (Wildman–Crippen LogP) is 5.41. The topological polar surface area (TPSA) is 52.6 Å². The molecule has 2 bridgehead atoms. The lowest BCUT2D eigenvalue weighted by Crippen LogP contribution is -2.33. The average Bonchev–Trinajstić information content (AvgIpc) is 3.45. The van der Waals surface area contributed by atoms with Gasteiger partial charge in [-0.05, 0) is 42.2 Å². The normalized spacial score (nSPS) is 20.1. The number of allylic oxidation sites excluding steroid dienone is 2. The summed E-state index contributed by atoms with van der Waals surface area (Å²) in [5.74, 6) is 5.36. The van der Waals surface area contributed by atoms with Gasteiger partial charge in [-0.1, -0.05) is 90.2 Å². The molecule has 4 heteroatoms. The zero-order valence-electron chi connectivity index (χ0n) is 20.5. The van der Waals surface area contributed by atoms with Crippen LogP contribution in [0.2, 0.25) is 0 Å². The Balaban J connectivity index is 1.87. The lowest BCUT2D eigenvalue weighted by Gasteiger charge is -2.32. The maximum Gasteiger partial charge on any atom is 0.335 e. The van der Waals surface area contributed by atoms with E-state index in [1.807, 2.05) is 67.6 Å². The maximum atomic E-state index is 13.4. The molecule has 3 aromatic rings. The molecule has 2 aliphatic carbocycles. The smallest absolute Gasteiger partial charge is 0.335 e. The molecule has 0 spiro atoms. The number of hydrogen-bond donors (Lipinski definition) is 0. The van der Waals surface area contributed by atoms with E-state index in [2.05, 4.69) is 36.1 Å². The van der Waals surface area contributed by atoms with E-state index in [-0.39, 0.29) is 5.92 Å². The van der Waals surface area contributed by atoms with Crippen molar-refractivity contribution in [1.82, 2.24) is 0 Å². The number of carbonyl (C=O) groups is 2. The zero-order valence-corrected chi connectivity index (χ0v) is 20.5. The lowest BCUT2D eigenvalue weighted by atomic mass is 9.69. The molecule has 0 amide bonds. The predicted molar refractivity (Wildman–Crippen MR) is 139 cm³/mol. The summed E-state index contributed by atoms with van der Waals surface area (Å²) in [6.45, 7) is 2.04. The molecule has 0 N–H and O–H groups in total. The number of fused-ring (bicyclic) bond motifs is 2. The maximum absolute atomic E-state index is 13.4. The molecular weight excluding hydrogens is 448 g/mol. The molecule has 0 aromatic heterocycles. The summed E-state index contributed by atoms with van der Waals surface area (Å²) in [4.78, 5) is 26.5. The zero-order chi connectivity index (χ0) is 25.3. The lowest BCUT2D eigenvalue weighted by molar-refractivity contribution is -0.139. The van der Waals surface area contributed by atoms with Crippen molar-refractivity contribution >= 4 is 17.5 Å². The molecule has 2 aliphatic rings. The molecule has 0 saturated heterocycles. The second kappa shape index (κ2) is 9.36. The highest BCUT2D eigenvalue weighted by Gasteiger charge is 2.60. The number of benzene rings is 3. The second-order valence-electron chi connectivity index (χ2n) is 9.07. The van der Waals surface area contributed by atoms with E-state index >= 15 is 0 Å². The highest BCUT2D eigenvalue weighted by atomic mass is 16.5. The Hall–Kier alpha value is -4.36. The van der Waals surface area contributed by atoms with Crippen molar-refractivity contribution in [3.05, 3.63) is 124 Å². The molecule has 3 aromatic carbocycles. The van der Waals surface area contributed by atoms with Crippen molar-refractivity contribution in [3.8, 4) is 11.8 Å². The molecule has 2 atom stereocenters. The van der Waals surface area contributed by atoms with E-state index in [1.165, 1.54) is 14.2 Å². The van der Waals surface area contributed by atoms with Gasteiger partial charge in [0.05, 0.1) is 30.8 Å². The van der Waals surface area contributed by atoms with Gasteiger partial charge in [-0.3, -0.25) is 0 Å². The van der Waals surface area contributed by atoms with E-state index < -0.39 is 17.4 Å². The number of ether oxygens (including phenoxy) is 2. The first-order valence-electron chi connectivity index (χ1n) is 11.9. The van der Waals surface area contributed by atoms with Crippen molar-refractivity contribution in [3.63, 3.8) is 0 Å². The molecule has 178 valence electrons. The minimum atomic E-state index is -0.926. The minimum Gasteiger partial charge on any atom is -0.466 e. The Bertz CT molecular complexity index is 1450. The Kier molecular flexibility index (Phi) is 6.08. The molecule has 0 unspecified atom stereocenters. The quantitative estimate of drug-likeness (QED) is 0.375. The van der Waals surface area contributed by atoms with E-state index in [1.54, 1.807) is 0 Å². The summed E-state index contributed by atoms with van der Waals surface area (Å²) in [6, 6.07) is 27.8. The summed E-state index contributed by atoms with van der Waals surface area (Å²) >= 11 is 0. The standard InChI is InChI=1S/C32H26O4/c1-21-14-17-23(18-15-21)27-25-20-32(24-12-8-5-9-13-24,26(27)19-16-22-10-6-4-7-11-22)29(31(34)36-3)28(25)30(33)35-2/h4-15,17-18,25H,20H2,1-3H3/t25-,32-/m1/s1. The first-order valence-corrected chi connectivity index (χ1v) is 11.9. The third-order valence-corrected chi connectivity index (χ3v) is 7.13. The molecule has 0 heterocycles. The summed E-state index contributed by atoms with van der Waals surface area (Å²) < 4.78 is 10.4. The van der Waals surface area contributed by atoms with E-state index in [4.69, 9.17) is 9.47 Å². The SMILES string of the molecule is COC(=O)C1=C(C(=O)OC)[C@@]2(c3ccccc3)C[C@@H]1C(c1ccc(C)cc1)=C2C#Cc1ccccc1. The van der Waals surface area contributed by atoms with Gasteiger partial charge in [0.25, 0.3) is 0 Å². The summed E-state index contributed by atoms with van der Waals surface area (Å²) in [5.41, 5.74) is 5.40. The summed E-state index contributed by atoms with van der Waals surface area (Å²) in [7, 11) is 2.69. The molecule has 0 saturated carbocycles. The van der Waals surface area contributed by atoms with Gasteiger partial charge in [-0.15, -0.1) is 0 Å². The van der Waals surface area contributed by atoms with Crippen molar-refractivity contribution in [2.45, 2.75) is 18.8 Å².